The maximum absolute atomic E-state index is 6.17. The van der Waals surface area contributed by atoms with Crippen molar-refractivity contribution in [1.29, 1.82) is 0 Å². The molecule has 1 heterocycles. The van der Waals surface area contributed by atoms with Crippen LogP contribution >= 0.6 is 23.2 Å². The molecule has 1 aromatic heterocycles. The maximum atomic E-state index is 6.17. The summed E-state index contributed by atoms with van der Waals surface area (Å²) in [5.41, 5.74) is 8.12. The molecule has 88 valence electrons. The lowest BCUT2D eigenvalue weighted by Gasteiger charge is -2.10. The van der Waals surface area contributed by atoms with Crippen molar-refractivity contribution in [3.8, 4) is 11.3 Å². The molecule has 0 aliphatic rings. The second-order valence-corrected chi connectivity index (χ2v) is 4.52. The fourth-order valence-corrected chi connectivity index (χ4v) is 1.99. The molecular weight excluding hydrogens is 257 g/mol. The van der Waals surface area contributed by atoms with Gasteiger partial charge in [-0.3, -0.25) is 0 Å². The first-order valence-electron chi connectivity index (χ1n) is 5.06. The predicted molar refractivity (Wildman–Crippen MR) is 71.4 cm³/mol. The lowest BCUT2D eigenvalue weighted by molar-refractivity contribution is 1.05. The zero-order valence-corrected chi connectivity index (χ0v) is 11.0. The minimum atomic E-state index is 0.462. The number of halogens is 2. The van der Waals surface area contributed by atoms with Crippen LogP contribution in [0.1, 0.15) is 11.4 Å². The zero-order chi connectivity index (χ0) is 12.6. The Morgan fingerprint density at radius 1 is 1.12 bits per heavy atom. The molecule has 0 radical (unpaired) electrons. The average molecular weight is 268 g/mol. The van der Waals surface area contributed by atoms with Gasteiger partial charge in [0.15, 0.2) is 0 Å². The third-order valence-corrected chi connectivity index (χ3v) is 3.32. The number of aromatic nitrogens is 2. The molecule has 3 nitrogen and oxygen atoms in total. The third-order valence-electron chi connectivity index (χ3n) is 2.50. The molecule has 0 saturated carbocycles. The van der Waals surface area contributed by atoms with Gasteiger partial charge in [0.05, 0.1) is 15.7 Å². The van der Waals surface area contributed by atoms with Gasteiger partial charge in [0.25, 0.3) is 0 Å². The molecule has 0 amide bonds. The standard InChI is InChI=1S/C12H11Cl2N3/c1-6-11(16-7(2)17-12(6)15)8-4-3-5-9(13)10(8)14/h3-5H,1-2H3,(H2,15,16,17). The van der Waals surface area contributed by atoms with Crippen molar-refractivity contribution in [3.05, 3.63) is 39.6 Å². The van der Waals surface area contributed by atoms with Gasteiger partial charge in [-0.25, -0.2) is 9.97 Å². The van der Waals surface area contributed by atoms with Crippen LogP contribution in [-0.2, 0) is 0 Å². The summed E-state index contributed by atoms with van der Waals surface area (Å²) in [5.74, 6) is 1.07. The molecule has 2 rings (SSSR count). The van der Waals surface area contributed by atoms with Crippen LogP contribution in [0.4, 0.5) is 5.82 Å². The second kappa shape index (κ2) is 4.51. The van der Waals surface area contributed by atoms with Gasteiger partial charge in [-0.15, -0.1) is 0 Å². The van der Waals surface area contributed by atoms with Crippen molar-refractivity contribution in [2.75, 3.05) is 5.73 Å². The van der Waals surface area contributed by atoms with Crippen molar-refractivity contribution < 1.29 is 0 Å². The van der Waals surface area contributed by atoms with E-state index in [0.29, 0.717) is 21.7 Å². The van der Waals surface area contributed by atoms with Crippen LogP contribution < -0.4 is 5.73 Å². The van der Waals surface area contributed by atoms with Gasteiger partial charge in [0.2, 0.25) is 0 Å². The number of hydrogen-bond acceptors (Lipinski definition) is 3. The summed E-state index contributed by atoms with van der Waals surface area (Å²) < 4.78 is 0. The topological polar surface area (TPSA) is 51.8 Å². The molecule has 2 aromatic rings. The van der Waals surface area contributed by atoms with Crippen LogP contribution in [0.25, 0.3) is 11.3 Å². The molecule has 1 aromatic carbocycles. The number of nitrogen functional groups attached to an aromatic ring is 1. The molecule has 2 N–H and O–H groups in total. The number of aryl methyl sites for hydroxylation is 1. The van der Waals surface area contributed by atoms with Crippen LogP contribution in [0.3, 0.4) is 0 Å². The molecule has 5 heteroatoms. The van der Waals surface area contributed by atoms with Crippen LogP contribution in [-0.4, -0.2) is 9.97 Å². The van der Waals surface area contributed by atoms with E-state index in [9.17, 15) is 0 Å². The number of nitrogens with zero attached hydrogens (tertiary/aromatic N) is 2. The molecule has 0 bridgehead atoms. The third kappa shape index (κ3) is 2.21. The fraction of sp³-hybridized carbons (Fsp3) is 0.167. The first-order valence-corrected chi connectivity index (χ1v) is 5.81. The molecule has 0 saturated heterocycles. The van der Waals surface area contributed by atoms with Crippen molar-refractivity contribution in [1.82, 2.24) is 9.97 Å². The average Bonchev–Trinajstić information content (AvgIpc) is 2.27. The van der Waals surface area contributed by atoms with Crippen molar-refractivity contribution in [3.63, 3.8) is 0 Å². The van der Waals surface area contributed by atoms with Gasteiger partial charge >= 0.3 is 0 Å². The summed E-state index contributed by atoms with van der Waals surface area (Å²) >= 11 is 12.2. The monoisotopic (exact) mass is 267 g/mol. The van der Waals surface area contributed by atoms with Gasteiger partial charge < -0.3 is 5.73 Å². The Morgan fingerprint density at radius 2 is 1.82 bits per heavy atom. The van der Waals surface area contributed by atoms with Crippen LogP contribution in [0.2, 0.25) is 10.0 Å². The Morgan fingerprint density at radius 3 is 2.53 bits per heavy atom. The minimum Gasteiger partial charge on any atom is -0.383 e. The summed E-state index contributed by atoms with van der Waals surface area (Å²) in [7, 11) is 0. The van der Waals surface area contributed by atoms with Gasteiger partial charge in [-0.05, 0) is 19.9 Å². The number of anilines is 1. The highest BCUT2D eigenvalue weighted by Gasteiger charge is 2.13. The Kier molecular flexibility index (Phi) is 3.22. The molecule has 0 aliphatic heterocycles. The Bertz CT molecular complexity index is 582. The van der Waals surface area contributed by atoms with Gasteiger partial charge in [0.1, 0.15) is 11.6 Å². The van der Waals surface area contributed by atoms with E-state index in [1.807, 2.05) is 19.1 Å². The van der Waals surface area contributed by atoms with E-state index < -0.39 is 0 Å². The molecule has 0 unspecified atom stereocenters. The summed E-state index contributed by atoms with van der Waals surface area (Å²) in [4.78, 5) is 8.47. The second-order valence-electron chi connectivity index (χ2n) is 3.73. The van der Waals surface area contributed by atoms with E-state index in [4.69, 9.17) is 28.9 Å². The minimum absolute atomic E-state index is 0.462. The number of nitrogens with two attached hydrogens (primary N) is 1. The van der Waals surface area contributed by atoms with E-state index in [1.54, 1.807) is 13.0 Å². The first-order chi connectivity index (χ1) is 8.00. The van der Waals surface area contributed by atoms with Crippen molar-refractivity contribution in [2.45, 2.75) is 13.8 Å². The molecule has 0 aliphatic carbocycles. The normalized spacial score (nSPS) is 10.6. The van der Waals surface area contributed by atoms with Crippen molar-refractivity contribution in [2.24, 2.45) is 0 Å². The molecule has 0 atom stereocenters. The van der Waals surface area contributed by atoms with E-state index in [2.05, 4.69) is 9.97 Å². The highest BCUT2D eigenvalue weighted by molar-refractivity contribution is 6.43. The molecule has 0 spiro atoms. The number of rotatable bonds is 1. The van der Waals surface area contributed by atoms with Crippen molar-refractivity contribution >= 4 is 29.0 Å². The predicted octanol–water partition coefficient (Wildman–Crippen LogP) is 3.65. The summed E-state index contributed by atoms with van der Waals surface area (Å²) in [5, 5.41) is 0.980. The van der Waals surface area contributed by atoms with E-state index in [-0.39, 0.29) is 0 Å². The lowest BCUT2D eigenvalue weighted by Crippen LogP contribution is -2.02. The largest absolute Gasteiger partial charge is 0.383 e. The molecule has 0 fully saturated rings. The van der Waals surface area contributed by atoms with E-state index in [0.717, 1.165) is 16.8 Å². The fourth-order valence-electron chi connectivity index (χ4n) is 1.60. The summed E-state index contributed by atoms with van der Waals surface area (Å²) in [6.45, 7) is 3.65. The highest BCUT2D eigenvalue weighted by Crippen LogP contribution is 2.34. The van der Waals surface area contributed by atoms with Gasteiger partial charge in [-0.1, -0.05) is 35.3 Å². The molecule has 17 heavy (non-hydrogen) atoms. The Labute approximate surface area is 110 Å². The summed E-state index contributed by atoms with van der Waals surface area (Å²) in [6, 6.07) is 5.43. The quantitative estimate of drug-likeness (QED) is 0.858. The van der Waals surface area contributed by atoms with Gasteiger partial charge in [0, 0.05) is 11.1 Å². The van der Waals surface area contributed by atoms with Crippen LogP contribution in [0.15, 0.2) is 18.2 Å². The smallest absolute Gasteiger partial charge is 0.130 e. The SMILES string of the molecule is Cc1nc(N)c(C)c(-c2cccc(Cl)c2Cl)n1. The summed E-state index contributed by atoms with van der Waals surface area (Å²) in [6.07, 6.45) is 0. The highest BCUT2D eigenvalue weighted by atomic mass is 35.5. The zero-order valence-electron chi connectivity index (χ0n) is 9.46. The number of benzene rings is 1. The first kappa shape index (κ1) is 12.1. The maximum Gasteiger partial charge on any atom is 0.130 e. The van der Waals surface area contributed by atoms with Crippen LogP contribution in [0, 0.1) is 13.8 Å². The van der Waals surface area contributed by atoms with Gasteiger partial charge in [-0.2, -0.15) is 0 Å². The van der Waals surface area contributed by atoms with E-state index >= 15 is 0 Å². The Hall–Kier alpha value is -1.32. The molecular formula is C12H11Cl2N3. The Balaban J connectivity index is 2.73. The number of hydrogen-bond donors (Lipinski definition) is 1. The van der Waals surface area contributed by atoms with E-state index in [1.165, 1.54) is 0 Å². The van der Waals surface area contributed by atoms with Crippen LogP contribution in [0.5, 0.6) is 0 Å². The lowest BCUT2D eigenvalue weighted by atomic mass is 10.1.